The summed E-state index contributed by atoms with van der Waals surface area (Å²) in [4.78, 5) is 25.1. The van der Waals surface area contributed by atoms with E-state index in [1.807, 2.05) is 24.3 Å². The van der Waals surface area contributed by atoms with Gasteiger partial charge in [-0.05, 0) is 35.6 Å². The van der Waals surface area contributed by atoms with Crippen LogP contribution >= 0.6 is 0 Å². The molecule has 5 nitrogen and oxygen atoms in total. The summed E-state index contributed by atoms with van der Waals surface area (Å²) in [7, 11) is 0. The quantitative estimate of drug-likeness (QED) is 0.848. The van der Waals surface area contributed by atoms with Gasteiger partial charge >= 0.3 is 12.1 Å². The van der Waals surface area contributed by atoms with Gasteiger partial charge < -0.3 is 9.84 Å². The topological polar surface area (TPSA) is 66.8 Å². The largest absolute Gasteiger partial charge is 0.480 e. The van der Waals surface area contributed by atoms with E-state index in [1.165, 1.54) is 4.90 Å². The molecule has 0 aliphatic heterocycles. The highest BCUT2D eigenvalue weighted by Gasteiger charge is 2.32. The predicted molar refractivity (Wildman–Crippen MR) is 99.2 cm³/mol. The zero-order chi connectivity index (χ0) is 18.7. The number of nitrogens with zero attached hydrogens (tertiary/aromatic N) is 1. The molecule has 0 bridgehead atoms. The molecular weight excluding hydrogens is 330 g/mol. The van der Waals surface area contributed by atoms with E-state index in [0.29, 0.717) is 13.0 Å². The Balaban J connectivity index is 1.79. The van der Waals surface area contributed by atoms with Crippen molar-refractivity contribution in [1.82, 2.24) is 4.90 Å². The second kappa shape index (κ2) is 7.60. The number of carboxylic acids is 1. The van der Waals surface area contributed by atoms with Gasteiger partial charge in [-0.2, -0.15) is 0 Å². The van der Waals surface area contributed by atoms with E-state index in [2.05, 4.69) is 24.3 Å². The van der Waals surface area contributed by atoms with Crippen LogP contribution in [0.15, 0.2) is 48.5 Å². The number of rotatable bonds is 6. The van der Waals surface area contributed by atoms with Gasteiger partial charge in [0.15, 0.2) is 0 Å². The molecule has 5 heteroatoms. The van der Waals surface area contributed by atoms with Crippen LogP contribution in [0, 0.1) is 0 Å². The van der Waals surface area contributed by atoms with Crippen molar-refractivity contribution >= 4 is 12.1 Å². The molecule has 3 rings (SSSR count). The van der Waals surface area contributed by atoms with Crippen LogP contribution < -0.4 is 0 Å². The van der Waals surface area contributed by atoms with Gasteiger partial charge in [0.05, 0.1) is 0 Å². The van der Waals surface area contributed by atoms with Crippen LogP contribution in [0.4, 0.5) is 4.79 Å². The summed E-state index contributed by atoms with van der Waals surface area (Å²) in [6.45, 7) is 3.99. The van der Waals surface area contributed by atoms with Crippen molar-refractivity contribution in [3.63, 3.8) is 0 Å². The molecule has 0 saturated carbocycles. The van der Waals surface area contributed by atoms with Crippen LogP contribution in [-0.2, 0) is 9.53 Å². The zero-order valence-electron chi connectivity index (χ0n) is 15.0. The third kappa shape index (κ3) is 3.17. The molecule has 1 N–H and O–H groups in total. The lowest BCUT2D eigenvalue weighted by Gasteiger charge is -2.27. The van der Waals surface area contributed by atoms with Gasteiger partial charge in [-0.1, -0.05) is 55.5 Å². The highest BCUT2D eigenvalue weighted by atomic mass is 16.6. The molecular formula is C21H23NO4. The van der Waals surface area contributed by atoms with Crippen molar-refractivity contribution in [3.8, 4) is 11.1 Å². The second-order valence-corrected chi connectivity index (χ2v) is 6.35. The van der Waals surface area contributed by atoms with Gasteiger partial charge in [0, 0.05) is 12.5 Å². The maximum absolute atomic E-state index is 12.5. The Labute approximate surface area is 153 Å². The summed E-state index contributed by atoms with van der Waals surface area (Å²) in [5, 5.41) is 9.31. The highest BCUT2D eigenvalue weighted by Crippen LogP contribution is 2.44. The van der Waals surface area contributed by atoms with Crippen molar-refractivity contribution < 1.29 is 19.4 Å². The lowest BCUT2D eigenvalue weighted by atomic mass is 9.98. The van der Waals surface area contributed by atoms with Gasteiger partial charge in [0.2, 0.25) is 0 Å². The summed E-state index contributed by atoms with van der Waals surface area (Å²) in [6.07, 6.45) is -0.239. The van der Waals surface area contributed by atoms with Crippen molar-refractivity contribution in [2.45, 2.75) is 32.2 Å². The Kier molecular flexibility index (Phi) is 5.26. The standard InChI is InChI=1S/C21H23NO4/c1-3-19(20(23)24)22(4-2)21(25)26-13-18-16-11-7-5-9-14(16)15-10-6-8-12-17(15)18/h5-12,18-19H,3-4,13H2,1-2H3,(H,23,24)/t19-/m0/s1. The number of carbonyl (C=O) groups is 2. The molecule has 0 spiro atoms. The Hall–Kier alpha value is -2.82. The molecule has 1 aliphatic rings. The number of hydrogen-bond donors (Lipinski definition) is 1. The number of aliphatic carboxylic acids is 1. The molecule has 0 aromatic heterocycles. The lowest BCUT2D eigenvalue weighted by Crippen LogP contribution is -2.45. The number of fused-ring (bicyclic) bond motifs is 3. The first-order valence-electron chi connectivity index (χ1n) is 8.92. The molecule has 136 valence electrons. The molecule has 0 heterocycles. The number of carboxylic acid groups (broad SMARTS) is 1. The molecule has 0 saturated heterocycles. The molecule has 2 aromatic carbocycles. The van der Waals surface area contributed by atoms with E-state index < -0.39 is 18.1 Å². The van der Waals surface area contributed by atoms with Crippen LogP contribution in [0.2, 0.25) is 0 Å². The second-order valence-electron chi connectivity index (χ2n) is 6.35. The first-order chi connectivity index (χ1) is 12.6. The first kappa shape index (κ1) is 18.0. The molecule has 0 fully saturated rings. The summed E-state index contributed by atoms with van der Waals surface area (Å²) < 4.78 is 5.55. The summed E-state index contributed by atoms with van der Waals surface area (Å²) in [5.74, 6) is -1.04. The molecule has 1 atom stereocenters. The van der Waals surface area contributed by atoms with Crippen molar-refractivity contribution in [2.24, 2.45) is 0 Å². The van der Waals surface area contributed by atoms with Crippen LogP contribution in [0.1, 0.15) is 37.3 Å². The molecule has 1 amide bonds. The van der Waals surface area contributed by atoms with Crippen molar-refractivity contribution in [1.29, 1.82) is 0 Å². The minimum atomic E-state index is -1.01. The highest BCUT2D eigenvalue weighted by molar-refractivity contribution is 5.81. The van der Waals surface area contributed by atoms with E-state index in [0.717, 1.165) is 22.3 Å². The van der Waals surface area contributed by atoms with E-state index in [4.69, 9.17) is 4.74 Å². The molecule has 1 aliphatic carbocycles. The van der Waals surface area contributed by atoms with E-state index in [9.17, 15) is 14.7 Å². The van der Waals surface area contributed by atoms with Crippen LogP contribution in [0.3, 0.4) is 0 Å². The monoisotopic (exact) mass is 353 g/mol. The van der Waals surface area contributed by atoms with Gasteiger partial charge in [-0.15, -0.1) is 0 Å². The maximum Gasteiger partial charge on any atom is 0.410 e. The molecule has 0 unspecified atom stereocenters. The van der Waals surface area contributed by atoms with Crippen molar-refractivity contribution in [2.75, 3.05) is 13.2 Å². The van der Waals surface area contributed by atoms with Gasteiger partial charge in [0.1, 0.15) is 12.6 Å². The Morgan fingerprint density at radius 2 is 1.58 bits per heavy atom. The van der Waals surface area contributed by atoms with Gasteiger partial charge in [-0.3, -0.25) is 4.90 Å². The number of likely N-dealkylation sites (N-methyl/N-ethyl adjacent to an activating group) is 1. The number of ether oxygens (including phenoxy) is 1. The summed E-state index contributed by atoms with van der Waals surface area (Å²) in [5.41, 5.74) is 4.59. The third-order valence-corrected chi connectivity index (χ3v) is 4.96. The Bertz CT molecular complexity index is 772. The predicted octanol–water partition coefficient (Wildman–Crippen LogP) is 4.12. The van der Waals surface area contributed by atoms with Gasteiger partial charge in [0.25, 0.3) is 0 Å². The number of amides is 1. The maximum atomic E-state index is 12.5. The van der Waals surface area contributed by atoms with Crippen LogP contribution in [0.25, 0.3) is 11.1 Å². The van der Waals surface area contributed by atoms with E-state index in [-0.39, 0.29) is 12.5 Å². The normalized spacial score (nSPS) is 13.6. The fourth-order valence-electron chi connectivity index (χ4n) is 3.68. The van der Waals surface area contributed by atoms with E-state index in [1.54, 1.807) is 13.8 Å². The Morgan fingerprint density at radius 3 is 2.04 bits per heavy atom. The number of hydrogen-bond acceptors (Lipinski definition) is 3. The SMILES string of the molecule is CC[C@@H](C(=O)O)N(CC)C(=O)OCC1c2ccccc2-c2ccccc21. The summed E-state index contributed by atoms with van der Waals surface area (Å²) >= 11 is 0. The zero-order valence-corrected chi connectivity index (χ0v) is 15.0. The number of carbonyl (C=O) groups excluding carboxylic acids is 1. The van der Waals surface area contributed by atoms with Crippen molar-refractivity contribution in [3.05, 3.63) is 59.7 Å². The first-order valence-corrected chi connectivity index (χ1v) is 8.92. The lowest BCUT2D eigenvalue weighted by molar-refractivity contribution is -0.142. The fraction of sp³-hybridized carbons (Fsp3) is 0.333. The molecule has 0 radical (unpaired) electrons. The fourth-order valence-corrected chi connectivity index (χ4v) is 3.68. The summed E-state index contributed by atoms with van der Waals surface area (Å²) in [6, 6.07) is 15.4. The Morgan fingerprint density at radius 1 is 1.04 bits per heavy atom. The van der Waals surface area contributed by atoms with E-state index >= 15 is 0 Å². The average molecular weight is 353 g/mol. The average Bonchev–Trinajstić information content (AvgIpc) is 2.97. The molecule has 26 heavy (non-hydrogen) atoms. The number of benzene rings is 2. The third-order valence-electron chi connectivity index (χ3n) is 4.96. The van der Waals surface area contributed by atoms with Crippen LogP contribution in [0.5, 0.6) is 0 Å². The minimum absolute atomic E-state index is 0.0324. The van der Waals surface area contributed by atoms with Crippen LogP contribution in [-0.4, -0.2) is 41.3 Å². The molecule has 2 aromatic rings. The minimum Gasteiger partial charge on any atom is -0.480 e. The smallest absolute Gasteiger partial charge is 0.410 e. The van der Waals surface area contributed by atoms with Gasteiger partial charge in [-0.25, -0.2) is 9.59 Å².